The summed E-state index contributed by atoms with van der Waals surface area (Å²) in [5, 5.41) is 5.61. The largest absolute Gasteiger partial charge is 0.466 e. The minimum absolute atomic E-state index is 0.150. The number of nitrogens with one attached hydrogen (secondary N) is 2. The van der Waals surface area contributed by atoms with E-state index >= 15 is 0 Å². The fraction of sp³-hybridized carbons (Fsp3) is 0.867. The molecule has 0 aliphatic rings. The number of nitrogens with zero attached hydrogens (tertiary/aromatic N) is 1. The summed E-state index contributed by atoms with van der Waals surface area (Å²) in [5.74, 6) is 0.236. The fourth-order valence-electron chi connectivity index (χ4n) is 1.91. The zero-order valence-electron chi connectivity index (χ0n) is 14.0. The Morgan fingerprint density at radius 2 is 1.65 bits per heavy atom. The summed E-state index contributed by atoms with van der Waals surface area (Å²) in [6, 6.07) is 0. The zero-order chi connectivity index (χ0) is 17.6. The summed E-state index contributed by atoms with van der Waals surface area (Å²) in [4.78, 5) is 15.0. The van der Waals surface area contributed by atoms with Gasteiger partial charge >= 0.3 is 12.1 Å². The van der Waals surface area contributed by atoms with Gasteiger partial charge in [-0.05, 0) is 19.8 Å². The van der Waals surface area contributed by atoms with Crippen molar-refractivity contribution in [1.29, 1.82) is 0 Å². The van der Waals surface area contributed by atoms with E-state index in [1.165, 1.54) is 7.05 Å². The minimum Gasteiger partial charge on any atom is -0.466 e. The highest BCUT2D eigenvalue weighted by molar-refractivity contribution is 5.79. The van der Waals surface area contributed by atoms with Crippen LogP contribution in [-0.4, -0.2) is 44.8 Å². The summed E-state index contributed by atoms with van der Waals surface area (Å²) in [6.07, 6.45) is 0.131. The molecule has 0 fully saturated rings. The van der Waals surface area contributed by atoms with Crippen LogP contribution in [0.1, 0.15) is 51.9 Å². The van der Waals surface area contributed by atoms with E-state index in [-0.39, 0.29) is 12.5 Å². The molecule has 0 aliphatic heterocycles. The Kier molecular flexibility index (Phi) is 12.2. The molecule has 0 radical (unpaired) electrons. The molecule has 5 nitrogen and oxygen atoms in total. The second-order valence-electron chi connectivity index (χ2n) is 5.11. The maximum absolute atomic E-state index is 12.0. The van der Waals surface area contributed by atoms with Crippen LogP contribution < -0.4 is 10.6 Å². The Balaban J connectivity index is 3.50. The number of hydrogen-bond donors (Lipinski definition) is 2. The van der Waals surface area contributed by atoms with Crippen LogP contribution in [0.4, 0.5) is 13.2 Å². The molecule has 2 N–H and O–H groups in total. The van der Waals surface area contributed by atoms with Gasteiger partial charge in [0.2, 0.25) is 0 Å². The first-order chi connectivity index (χ1) is 10.9. The third kappa shape index (κ3) is 15.2. The van der Waals surface area contributed by atoms with Gasteiger partial charge in [-0.2, -0.15) is 13.2 Å². The van der Waals surface area contributed by atoms with Crippen molar-refractivity contribution < 1.29 is 22.7 Å². The van der Waals surface area contributed by atoms with Crippen LogP contribution in [0, 0.1) is 0 Å². The monoisotopic (exact) mass is 339 g/mol. The van der Waals surface area contributed by atoms with Crippen LogP contribution in [-0.2, 0) is 9.53 Å². The van der Waals surface area contributed by atoms with Gasteiger partial charge in [-0.15, -0.1) is 0 Å². The van der Waals surface area contributed by atoms with Crippen LogP contribution in [0.2, 0.25) is 0 Å². The summed E-state index contributed by atoms with van der Waals surface area (Å²) >= 11 is 0. The molecular weight excluding hydrogens is 311 g/mol. The molecule has 0 aromatic carbocycles. The highest BCUT2D eigenvalue weighted by Gasteiger charge is 2.26. The number of rotatable bonds is 11. The van der Waals surface area contributed by atoms with E-state index < -0.39 is 12.6 Å². The third-order valence-corrected chi connectivity index (χ3v) is 3.08. The Hall–Kier alpha value is -1.47. The molecule has 23 heavy (non-hydrogen) atoms. The van der Waals surface area contributed by atoms with E-state index in [9.17, 15) is 18.0 Å². The highest BCUT2D eigenvalue weighted by Crippen LogP contribution is 2.18. The molecule has 0 spiro atoms. The summed E-state index contributed by atoms with van der Waals surface area (Å²) < 4.78 is 40.9. The second-order valence-corrected chi connectivity index (χ2v) is 5.11. The van der Waals surface area contributed by atoms with Crippen molar-refractivity contribution in [2.75, 3.05) is 26.7 Å². The summed E-state index contributed by atoms with van der Waals surface area (Å²) in [7, 11) is 1.53. The first kappa shape index (κ1) is 21.5. The van der Waals surface area contributed by atoms with Gasteiger partial charge in [0.15, 0.2) is 5.96 Å². The van der Waals surface area contributed by atoms with Crippen molar-refractivity contribution in [2.24, 2.45) is 4.99 Å². The van der Waals surface area contributed by atoms with E-state index in [4.69, 9.17) is 4.74 Å². The lowest BCUT2D eigenvalue weighted by Gasteiger charge is -2.12. The SMILES string of the molecule is CCOC(=O)CCCCCCCNC(=NC)NCCC(F)(F)F. The van der Waals surface area contributed by atoms with Crippen molar-refractivity contribution in [1.82, 2.24) is 10.6 Å². The highest BCUT2D eigenvalue weighted by atomic mass is 19.4. The second kappa shape index (κ2) is 13.0. The Morgan fingerprint density at radius 1 is 1.04 bits per heavy atom. The molecule has 0 heterocycles. The van der Waals surface area contributed by atoms with E-state index in [2.05, 4.69) is 15.6 Å². The number of esters is 1. The van der Waals surface area contributed by atoms with E-state index in [1.54, 1.807) is 6.92 Å². The van der Waals surface area contributed by atoms with Crippen molar-refractivity contribution in [3.63, 3.8) is 0 Å². The van der Waals surface area contributed by atoms with Crippen molar-refractivity contribution in [3.8, 4) is 0 Å². The molecular formula is C15H28F3N3O2. The molecule has 0 bridgehead atoms. The topological polar surface area (TPSA) is 62.7 Å². The number of aliphatic imine (C=N–C) groups is 1. The average Bonchev–Trinajstić information content (AvgIpc) is 2.47. The molecule has 136 valence electrons. The van der Waals surface area contributed by atoms with Crippen LogP contribution in [0.15, 0.2) is 4.99 Å². The number of ether oxygens (including phenoxy) is 1. The lowest BCUT2D eigenvalue weighted by Crippen LogP contribution is -2.39. The molecule has 0 atom stereocenters. The third-order valence-electron chi connectivity index (χ3n) is 3.08. The Labute approximate surface area is 136 Å². The number of alkyl halides is 3. The van der Waals surface area contributed by atoms with Crippen molar-refractivity contribution in [2.45, 2.75) is 58.0 Å². The smallest absolute Gasteiger partial charge is 0.390 e. The maximum Gasteiger partial charge on any atom is 0.390 e. The van der Waals surface area contributed by atoms with Gasteiger partial charge in [-0.25, -0.2) is 0 Å². The molecule has 0 amide bonds. The normalized spacial score (nSPS) is 12.1. The lowest BCUT2D eigenvalue weighted by atomic mass is 10.1. The van der Waals surface area contributed by atoms with Crippen LogP contribution in [0.5, 0.6) is 0 Å². The molecule has 8 heteroatoms. The van der Waals surface area contributed by atoms with E-state index in [0.717, 1.165) is 32.1 Å². The van der Waals surface area contributed by atoms with Gasteiger partial charge in [0.05, 0.1) is 13.0 Å². The average molecular weight is 339 g/mol. The Morgan fingerprint density at radius 3 is 2.26 bits per heavy atom. The number of unbranched alkanes of at least 4 members (excludes halogenated alkanes) is 4. The van der Waals surface area contributed by atoms with Gasteiger partial charge in [-0.1, -0.05) is 19.3 Å². The van der Waals surface area contributed by atoms with Gasteiger partial charge in [0.25, 0.3) is 0 Å². The molecule has 0 aromatic heterocycles. The molecule has 0 saturated carbocycles. The molecule has 0 unspecified atom stereocenters. The number of hydrogen-bond acceptors (Lipinski definition) is 3. The summed E-state index contributed by atoms with van der Waals surface area (Å²) in [5.41, 5.74) is 0. The van der Waals surface area contributed by atoms with Crippen LogP contribution in [0.25, 0.3) is 0 Å². The maximum atomic E-state index is 12.0. The standard InChI is InChI=1S/C15H28F3N3O2/c1-3-23-13(22)9-7-5-4-6-8-11-20-14(19-2)21-12-10-15(16,17)18/h3-12H2,1-2H3,(H2,19,20,21). The van der Waals surface area contributed by atoms with Gasteiger partial charge < -0.3 is 15.4 Å². The number of halogens is 3. The number of guanidine groups is 1. The molecule has 0 saturated heterocycles. The lowest BCUT2D eigenvalue weighted by molar-refractivity contribution is -0.143. The van der Waals surface area contributed by atoms with Gasteiger partial charge in [0, 0.05) is 26.6 Å². The van der Waals surface area contributed by atoms with Gasteiger partial charge in [-0.3, -0.25) is 9.79 Å². The summed E-state index contributed by atoms with van der Waals surface area (Å²) in [6.45, 7) is 2.68. The zero-order valence-corrected chi connectivity index (χ0v) is 14.0. The predicted molar refractivity (Wildman–Crippen MR) is 84.4 cm³/mol. The minimum atomic E-state index is -4.16. The van der Waals surface area contributed by atoms with Gasteiger partial charge in [0.1, 0.15) is 0 Å². The molecule has 0 aromatic rings. The van der Waals surface area contributed by atoms with E-state index in [1.807, 2.05) is 0 Å². The Bertz CT molecular complexity index is 347. The van der Waals surface area contributed by atoms with Crippen molar-refractivity contribution >= 4 is 11.9 Å². The van der Waals surface area contributed by atoms with Crippen LogP contribution >= 0.6 is 0 Å². The molecule has 0 aliphatic carbocycles. The number of carbonyl (C=O) groups is 1. The first-order valence-corrected chi connectivity index (χ1v) is 8.06. The van der Waals surface area contributed by atoms with E-state index in [0.29, 0.717) is 25.5 Å². The first-order valence-electron chi connectivity index (χ1n) is 8.06. The van der Waals surface area contributed by atoms with Crippen LogP contribution in [0.3, 0.4) is 0 Å². The number of carbonyl (C=O) groups excluding carboxylic acids is 1. The fourth-order valence-corrected chi connectivity index (χ4v) is 1.91. The quantitative estimate of drug-likeness (QED) is 0.263. The predicted octanol–water partition coefficient (Wildman–Crippen LogP) is 3.01. The van der Waals surface area contributed by atoms with Crippen molar-refractivity contribution in [3.05, 3.63) is 0 Å². The molecule has 0 rings (SSSR count).